The molecule has 2 aromatic heterocycles. The Labute approximate surface area is 196 Å². The summed E-state index contributed by atoms with van der Waals surface area (Å²) in [6.07, 6.45) is 2.72. The highest BCUT2D eigenvalue weighted by Gasteiger charge is 1.99. The van der Waals surface area contributed by atoms with Gasteiger partial charge in [-0.3, -0.25) is 0 Å². The molecule has 0 bridgehead atoms. The topological polar surface area (TPSA) is 68.3 Å². The van der Waals surface area contributed by atoms with E-state index in [1.807, 2.05) is 17.4 Å². The van der Waals surface area contributed by atoms with Crippen LogP contribution in [-0.2, 0) is 32.0 Å². The molecule has 4 aromatic rings. The van der Waals surface area contributed by atoms with Crippen molar-refractivity contribution in [2.75, 3.05) is 0 Å². The molecule has 0 aliphatic rings. The van der Waals surface area contributed by atoms with Crippen molar-refractivity contribution in [3.8, 4) is 0 Å². The quantitative estimate of drug-likeness (QED) is 0.296. The molecule has 0 radical (unpaired) electrons. The Morgan fingerprint density at radius 2 is 1.23 bits per heavy atom. The van der Waals surface area contributed by atoms with Crippen LogP contribution in [-0.4, -0.2) is 12.3 Å². The number of thiophene rings is 2. The lowest BCUT2D eigenvalue weighted by molar-refractivity contribution is -0.193. The Balaban J connectivity index is 0. The zero-order valence-electron chi connectivity index (χ0n) is 15.9. The van der Waals surface area contributed by atoms with Crippen molar-refractivity contribution < 1.29 is 19.2 Å². The molecule has 0 spiro atoms. The molecule has 4 nitrogen and oxygen atoms in total. The van der Waals surface area contributed by atoms with Crippen molar-refractivity contribution in [2.24, 2.45) is 0 Å². The van der Waals surface area contributed by atoms with E-state index in [9.17, 15) is 0 Å². The van der Waals surface area contributed by atoms with Gasteiger partial charge in [0, 0.05) is 9.40 Å². The Morgan fingerprint density at radius 1 is 0.742 bits per heavy atom. The maximum Gasteiger partial charge on any atom is 0.373 e. The average molecular weight is 479 g/mol. The summed E-state index contributed by atoms with van der Waals surface area (Å²) in [7, 11) is 0. The Hall–Kier alpha value is -2.59. The van der Waals surface area contributed by atoms with Crippen molar-refractivity contribution in [3.05, 3.63) is 69.4 Å². The largest absolute Gasteiger partial charge is 0.373 e. The zero-order valence-corrected chi connectivity index (χ0v) is 18.3. The minimum atomic E-state index is 0. The maximum absolute atomic E-state index is 8.12. The molecule has 166 valence electrons. The maximum atomic E-state index is 8.12. The van der Waals surface area contributed by atoms with Gasteiger partial charge in [0.2, 0.25) is 0 Å². The Bertz CT molecular complexity index is 1090. The SMILES string of the molecule is C.C.CCc1ccc2cc(Cl)sc2c1.CCc1ccc2ccsc2c1.O=C=O.O=C=O. The van der Waals surface area contributed by atoms with Gasteiger partial charge in [0.05, 0.1) is 4.34 Å². The van der Waals surface area contributed by atoms with E-state index >= 15 is 0 Å². The third-order valence-corrected chi connectivity index (χ3v) is 6.00. The van der Waals surface area contributed by atoms with Gasteiger partial charge in [-0.25, -0.2) is 0 Å². The first-order valence-electron chi connectivity index (χ1n) is 8.65. The minimum Gasteiger partial charge on any atom is -0.186 e. The van der Waals surface area contributed by atoms with E-state index in [1.165, 1.54) is 31.3 Å². The van der Waals surface area contributed by atoms with E-state index < -0.39 is 0 Å². The van der Waals surface area contributed by atoms with E-state index in [4.69, 9.17) is 30.8 Å². The Kier molecular flexibility index (Phi) is 16.9. The second-order valence-electron chi connectivity index (χ2n) is 5.59. The highest BCUT2D eigenvalue weighted by molar-refractivity contribution is 7.22. The van der Waals surface area contributed by atoms with E-state index in [-0.39, 0.29) is 27.2 Å². The summed E-state index contributed by atoms with van der Waals surface area (Å²) in [5.41, 5.74) is 2.81. The van der Waals surface area contributed by atoms with Crippen LogP contribution in [0.15, 0.2) is 53.9 Å². The van der Waals surface area contributed by atoms with Gasteiger partial charge in [0.25, 0.3) is 0 Å². The summed E-state index contributed by atoms with van der Waals surface area (Å²) in [5.74, 6) is 0. The molecule has 4 rings (SSSR count). The fourth-order valence-electron chi connectivity index (χ4n) is 2.48. The number of fused-ring (bicyclic) bond motifs is 2. The summed E-state index contributed by atoms with van der Waals surface area (Å²) < 4.78 is 3.57. The fraction of sp³-hybridized carbons (Fsp3) is 0.250. The van der Waals surface area contributed by atoms with Gasteiger partial charge in [-0.05, 0) is 64.4 Å². The van der Waals surface area contributed by atoms with E-state index in [2.05, 4.69) is 61.7 Å². The molecule has 0 saturated heterocycles. The van der Waals surface area contributed by atoms with Crippen LogP contribution in [0.25, 0.3) is 20.2 Å². The molecule has 7 heteroatoms. The number of benzene rings is 2. The normalized spacial score (nSPS) is 8.48. The first-order chi connectivity index (χ1) is 14.0. The second kappa shape index (κ2) is 17.1. The van der Waals surface area contributed by atoms with Crippen LogP contribution in [0.5, 0.6) is 0 Å². The second-order valence-corrected chi connectivity index (χ2v) is 8.25. The van der Waals surface area contributed by atoms with Crippen LogP contribution in [0, 0.1) is 0 Å². The lowest BCUT2D eigenvalue weighted by atomic mass is 10.1. The monoisotopic (exact) mass is 478 g/mol. The molecule has 0 saturated carbocycles. The molecule has 0 N–H and O–H groups in total. The van der Waals surface area contributed by atoms with Crippen LogP contribution < -0.4 is 0 Å². The van der Waals surface area contributed by atoms with E-state index in [0.717, 1.165) is 17.2 Å². The number of rotatable bonds is 2. The molecule has 0 aliphatic carbocycles. The predicted molar refractivity (Wildman–Crippen MR) is 131 cm³/mol. The predicted octanol–water partition coefficient (Wildman–Crippen LogP) is 7.69. The van der Waals surface area contributed by atoms with Crippen LogP contribution >= 0.6 is 34.3 Å². The fourth-order valence-corrected chi connectivity index (χ4v) is 4.55. The van der Waals surface area contributed by atoms with E-state index in [0.29, 0.717) is 0 Å². The number of aryl methyl sites for hydroxylation is 2. The van der Waals surface area contributed by atoms with Gasteiger partial charge in [-0.1, -0.05) is 64.6 Å². The van der Waals surface area contributed by atoms with Gasteiger partial charge in [0.1, 0.15) is 0 Å². The molecule has 31 heavy (non-hydrogen) atoms. The third kappa shape index (κ3) is 10.3. The van der Waals surface area contributed by atoms with Crippen molar-refractivity contribution in [1.29, 1.82) is 0 Å². The van der Waals surface area contributed by atoms with Gasteiger partial charge in [-0.2, -0.15) is 19.2 Å². The molecule has 2 heterocycles. The summed E-state index contributed by atoms with van der Waals surface area (Å²) in [6, 6.07) is 17.4. The number of halogens is 1. The molecule has 0 aliphatic heterocycles. The molecular formula is C24H27ClO4S2. The standard InChI is InChI=1S/C10H9ClS.C10H10S.2CO2.2CH4/c1-2-7-3-4-8-6-10(11)12-9(8)5-7;1-2-8-3-4-9-5-6-11-10(9)7-8;2*2-1-3;;/h3-6H,2H2,1H3;3-7H,2H2,1H3;;;2*1H4. The number of hydrogen-bond donors (Lipinski definition) is 0. The van der Waals surface area contributed by atoms with Crippen LogP contribution in [0.2, 0.25) is 4.34 Å². The Morgan fingerprint density at radius 3 is 1.74 bits per heavy atom. The lowest BCUT2D eigenvalue weighted by Gasteiger charge is -1.94. The molecular weight excluding hydrogens is 452 g/mol. The number of hydrogen-bond acceptors (Lipinski definition) is 6. The van der Waals surface area contributed by atoms with Crippen LogP contribution in [0.4, 0.5) is 0 Å². The first kappa shape index (κ1) is 30.6. The molecule has 0 atom stereocenters. The third-order valence-electron chi connectivity index (χ3n) is 3.89. The van der Waals surface area contributed by atoms with Crippen molar-refractivity contribution in [1.82, 2.24) is 0 Å². The lowest BCUT2D eigenvalue weighted by Crippen LogP contribution is -1.75. The van der Waals surface area contributed by atoms with E-state index in [1.54, 1.807) is 11.3 Å². The number of carbonyl (C=O) groups excluding carboxylic acids is 4. The van der Waals surface area contributed by atoms with Crippen molar-refractivity contribution in [3.63, 3.8) is 0 Å². The summed E-state index contributed by atoms with van der Waals surface area (Å²) >= 11 is 9.36. The summed E-state index contributed by atoms with van der Waals surface area (Å²) in [6.45, 7) is 4.35. The van der Waals surface area contributed by atoms with Crippen LogP contribution in [0.1, 0.15) is 39.8 Å². The first-order valence-corrected chi connectivity index (χ1v) is 10.7. The van der Waals surface area contributed by atoms with Crippen molar-refractivity contribution in [2.45, 2.75) is 41.5 Å². The summed E-state index contributed by atoms with van der Waals surface area (Å²) in [5, 5.41) is 4.76. The average Bonchev–Trinajstić information content (AvgIpc) is 3.33. The smallest absolute Gasteiger partial charge is 0.186 e. The van der Waals surface area contributed by atoms with Gasteiger partial charge >= 0.3 is 12.3 Å². The highest BCUT2D eigenvalue weighted by atomic mass is 35.5. The molecule has 0 unspecified atom stereocenters. The zero-order chi connectivity index (χ0) is 21.6. The van der Waals surface area contributed by atoms with Gasteiger partial charge < -0.3 is 0 Å². The van der Waals surface area contributed by atoms with Gasteiger partial charge in [-0.15, -0.1) is 22.7 Å². The van der Waals surface area contributed by atoms with Gasteiger partial charge in [0.15, 0.2) is 0 Å². The molecule has 0 fully saturated rings. The van der Waals surface area contributed by atoms with Crippen LogP contribution in [0.3, 0.4) is 0 Å². The highest BCUT2D eigenvalue weighted by Crippen LogP contribution is 2.29. The molecule has 2 aromatic carbocycles. The van der Waals surface area contributed by atoms with Crippen molar-refractivity contribution >= 4 is 66.7 Å². The minimum absolute atomic E-state index is 0. The molecule has 0 amide bonds. The summed E-state index contributed by atoms with van der Waals surface area (Å²) in [4.78, 5) is 32.5.